The number of rotatable bonds is 4. The second-order valence-corrected chi connectivity index (χ2v) is 4.24. The topological polar surface area (TPSA) is 37.3 Å². The first-order chi connectivity index (χ1) is 7.77. The van der Waals surface area contributed by atoms with Crippen molar-refractivity contribution in [2.24, 2.45) is 5.92 Å². The van der Waals surface area contributed by atoms with Crippen molar-refractivity contribution in [3.05, 3.63) is 48.0 Å². The Hall–Kier alpha value is -1.41. The van der Waals surface area contributed by atoms with Gasteiger partial charge in [0.25, 0.3) is 0 Å². The molecule has 2 atom stereocenters. The summed E-state index contributed by atoms with van der Waals surface area (Å²) in [6.45, 7) is 0. The molecule has 2 nitrogen and oxygen atoms in total. The smallest absolute Gasteiger partial charge is 0.161 e. The zero-order chi connectivity index (χ0) is 11.4. The van der Waals surface area contributed by atoms with Gasteiger partial charge in [-0.2, -0.15) is 0 Å². The number of aliphatic hydroxyl groups excluding tert-OH is 1. The molecule has 0 amide bonds. The van der Waals surface area contributed by atoms with Gasteiger partial charge in [-0.25, -0.2) is 0 Å². The highest BCUT2D eigenvalue weighted by Gasteiger charge is 2.26. The first kappa shape index (κ1) is 11.1. The highest BCUT2D eigenvalue weighted by Crippen LogP contribution is 2.21. The third-order valence-electron chi connectivity index (χ3n) is 3.07. The predicted molar refractivity (Wildman–Crippen MR) is 63.0 cm³/mol. The molecule has 0 heterocycles. The summed E-state index contributed by atoms with van der Waals surface area (Å²) in [6, 6.07) is 10.0. The molecule has 0 fully saturated rings. The van der Waals surface area contributed by atoms with Crippen LogP contribution < -0.4 is 0 Å². The van der Waals surface area contributed by atoms with Crippen LogP contribution in [0, 0.1) is 5.92 Å². The molecule has 2 heteroatoms. The average molecular weight is 216 g/mol. The zero-order valence-corrected chi connectivity index (χ0v) is 9.17. The Labute approximate surface area is 95.6 Å². The van der Waals surface area contributed by atoms with Crippen LogP contribution in [0.15, 0.2) is 42.5 Å². The molecule has 16 heavy (non-hydrogen) atoms. The maximum atomic E-state index is 11.4. The molecule has 2 rings (SSSR count). The fraction of sp³-hybridized carbons (Fsp3) is 0.357. The number of hydrogen-bond acceptors (Lipinski definition) is 2. The first-order valence-corrected chi connectivity index (χ1v) is 5.70. The first-order valence-electron chi connectivity index (χ1n) is 5.70. The Balaban J connectivity index is 1.84. The molecular weight excluding hydrogens is 200 g/mol. The maximum absolute atomic E-state index is 11.4. The fourth-order valence-corrected chi connectivity index (χ4v) is 2.08. The summed E-state index contributed by atoms with van der Waals surface area (Å²) in [5.41, 5.74) is 1.21. The van der Waals surface area contributed by atoms with E-state index in [9.17, 15) is 9.90 Å². The van der Waals surface area contributed by atoms with Crippen molar-refractivity contribution < 1.29 is 9.90 Å². The molecule has 84 valence electrons. The van der Waals surface area contributed by atoms with Crippen molar-refractivity contribution >= 4 is 5.78 Å². The van der Waals surface area contributed by atoms with Gasteiger partial charge in [0.05, 0.1) is 12.0 Å². The Kier molecular flexibility index (Phi) is 3.52. The van der Waals surface area contributed by atoms with Crippen LogP contribution in [0.3, 0.4) is 0 Å². The van der Waals surface area contributed by atoms with Crippen LogP contribution in [0.1, 0.15) is 18.4 Å². The van der Waals surface area contributed by atoms with E-state index >= 15 is 0 Å². The van der Waals surface area contributed by atoms with Gasteiger partial charge in [-0.05, 0) is 30.9 Å². The molecular formula is C14H16O2. The third kappa shape index (κ3) is 2.58. The molecule has 0 bridgehead atoms. The zero-order valence-electron chi connectivity index (χ0n) is 9.17. The number of hydrogen-bond donors (Lipinski definition) is 1. The number of carbonyl (C=O) groups excluding carboxylic acids is 1. The van der Waals surface area contributed by atoms with Crippen molar-refractivity contribution in [2.45, 2.75) is 25.4 Å². The summed E-state index contributed by atoms with van der Waals surface area (Å²) in [7, 11) is 0. The number of carbonyl (C=O) groups is 1. The van der Waals surface area contributed by atoms with Gasteiger partial charge in [-0.1, -0.05) is 36.4 Å². The largest absolute Gasteiger partial charge is 0.392 e. The highest BCUT2D eigenvalue weighted by atomic mass is 16.3. The van der Waals surface area contributed by atoms with Crippen LogP contribution in [0.5, 0.6) is 0 Å². The fourth-order valence-electron chi connectivity index (χ4n) is 2.08. The minimum absolute atomic E-state index is 0.0700. The van der Waals surface area contributed by atoms with E-state index in [0.29, 0.717) is 12.8 Å². The van der Waals surface area contributed by atoms with Crippen molar-refractivity contribution in [3.8, 4) is 0 Å². The van der Waals surface area contributed by atoms with Crippen LogP contribution in [0.2, 0.25) is 0 Å². The molecule has 1 aliphatic rings. The van der Waals surface area contributed by atoms with Gasteiger partial charge in [-0.15, -0.1) is 0 Å². The quantitative estimate of drug-likeness (QED) is 0.837. The SMILES string of the molecule is O=C1C=CC[C@H]1[C@@H](O)CCc1ccccc1. The molecule has 1 N–H and O–H groups in total. The molecule has 0 spiro atoms. The van der Waals surface area contributed by atoms with E-state index in [0.717, 1.165) is 6.42 Å². The number of aliphatic hydroxyl groups is 1. The van der Waals surface area contributed by atoms with E-state index in [1.807, 2.05) is 36.4 Å². The molecule has 0 saturated carbocycles. The minimum atomic E-state index is -0.511. The van der Waals surface area contributed by atoms with Crippen molar-refractivity contribution in [3.63, 3.8) is 0 Å². The predicted octanol–water partition coefficient (Wildman–Crippen LogP) is 2.13. The molecule has 1 aromatic carbocycles. The van der Waals surface area contributed by atoms with Crippen molar-refractivity contribution in [1.29, 1.82) is 0 Å². The molecule has 0 aromatic heterocycles. The van der Waals surface area contributed by atoms with Gasteiger partial charge in [-0.3, -0.25) is 4.79 Å². The van der Waals surface area contributed by atoms with Crippen molar-refractivity contribution in [2.75, 3.05) is 0 Å². The molecule has 0 unspecified atom stereocenters. The lowest BCUT2D eigenvalue weighted by atomic mass is 9.94. The second kappa shape index (κ2) is 5.08. The van der Waals surface area contributed by atoms with Gasteiger partial charge in [0, 0.05) is 0 Å². The summed E-state index contributed by atoms with van der Waals surface area (Å²) in [4.78, 5) is 11.4. The molecule has 1 aromatic rings. The summed E-state index contributed by atoms with van der Waals surface area (Å²) in [5, 5.41) is 9.92. The van der Waals surface area contributed by atoms with Crippen LogP contribution >= 0.6 is 0 Å². The number of benzene rings is 1. The number of aryl methyl sites for hydroxylation is 1. The lowest BCUT2D eigenvalue weighted by molar-refractivity contribution is -0.120. The number of ketones is 1. The summed E-state index contributed by atoms with van der Waals surface area (Å²) < 4.78 is 0. The van der Waals surface area contributed by atoms with Crippen LogP contribution in [-0.2, 0) is 11.2 Å². The van der Waals surface area contributed by atoms with Gasteiger partial charge < -0.3 is 5.11 Å². The number of allylic oxidation sites excluding steroid dienone is 2. The van der Waals surface area contributed by atoms with Crippen LogP contribution in [-0.4, -0.2) is 17.0 Å². The van der Waals surface area contributed by atoms with Crippen LogP contribution in [0.4, 0.5) is 0 Å². The van der Waals surface area contributed by atoms with Crippen LogP contribution in [0.25, 0.3) is 0 Å². The van der Waals surface area contributed by atoms with Gasteiger partial charge >= 0.3 is 0 Å². The standard InChI is InChI=1S/C14H16O2/c15-13-8-4-7-12(13)14(16)10-9-11-5-2-1-3-6-11/h1-6,8,12,14,16H,7,9-10H2/t12-,14+/m1/s1. The maximum Gasteiger partial charge on any atom is 0.161 e. The van der Waals surface area contributed by atoms with E-state index < -0.39 is 6.10 Å². The third-order valence-corrected chi connectivity index (χ3v) is 3.07. The summed E-state index contributed by atoms with van der Waals surface area (Å²) >= 11 is 0. The normalized spacial score (nSPS) is 21.3. The molecule has 0 aliphatic heterocycles. The average Bonchev–Trinajstić information content (AvgIpc) is 2.74. The van der Waals surface area contributed by atoms with E-state index in [-0.39, 0.29) is 11.7 Å². The molecule has 0 radical (unpaired) electrons. The molecule has 0 saturated heterocycles. The highest BCUT2D eigenvalue weighted by molar-refractivity contribution is 5.94. The Bertz CT molecular complexity index is 381. The monoisotopic (exact) mass is 216 g/mol. The Morgan fingerprint density at radius 2 is 2.06 bits per heavy atom. The van der Waals surface area contributed by atoms with Crippen molar-refractivity contribution in [1.82, 2.24) is 0 Å². The Morgan fingerprint density at radius 1 is 1.31 bits per heavy atom. The van der Waals surface area contributed by atoms with E-state index in [1.165, 1.54) is 5.56 Å². The molecule has 1 aliphatic carbocycles. The van der Waals surface area contributed by atoms with Gasteiger partial charge in [0.1, 0.15) is 0 Å². The lowest BCUT2D eigenvalue weighted by Gasteiger charge is -2.16. The van der Waals surface area contributed by atoms with Gasteiger partial charge in [0.2, 0.25) is 0 Å². The van der Waals surface area contributed by atoms with E-state index in [2.05, 4.69) is 0 Å². The van der Waals surface area contributed by atoms with E-state index in [1.54, 1.807) is 6.08 Å². The second-order valence-electron chi connectivity index (χ2n) is 4.24. The minimum Gasteiger partial charge on any atom is -0.392 e. The summed E-state index contributed by atoms with van der Waals surface area (Å²) in [5.74, 6) is -0.135. The Morgan fingerprint density at radius 3 is 2.69 bits per heavy atom. The van der Waals surface area contributed by atoms with E-state index in [4.69, 9.17) is 0 Å². The summed E-state index contributed by atoms with van der Waals surface area (Å²) in [6.07, 6.45) is 5.08. The lowest BCUT2D eigenvalue weighted by Crippen LogP contribution is -2.24. The van der Waals surface area contributed by atoms with Gasteiger partial charge in [0.15, 0.2) is 5.78 Å².